The molecule has 0 aromatic carbocycles. The molecule has 0 unspecified atom stereocenters. The zero-order valence-electron chi connectivity index (χ0n) is 12.7. The smallest absolute Gasteiger partial charge is 0.425 e. The van der Waals surface area contributed by atoms with Crippen molar-refractivity contribution < 1.29 is 27.8 Å². The molecule has 1 fully saturated rings. The number of alkyl halides is 3. The van der Waals surface area contributed by atoms with Gasteiger partial charge in [-0.25, -0.2) is 4.98 Å². The van der Waals surface area contributed by atoms with Crippen LogP contribution in [-0.2, 0) is 0 Å². The predicted octanol–water partition coefficient (Wildman–Crippen LogP) is 2.30. The molecule has 8 heteroatoms. The summed E-state index contributed by atoms with van der Waals surface area (Å²) in [5.41, 5.74) is -0.129. The van der Waals surface area contributed by atoms with Crippen LogP contribution in [0.5, 0.6) is 5.88 Å². The molecule has 0 saturated heterocycles. The van der Waals surface area contributed by atoms with E-state index in [1.807, 2.05) is 0 Å². The maximum atomic E-state index is 12.6. The van der Waals surface area contributed by atoms with E-state index in [0.29, 0.717) is 13.0 Å². The highest BCUT2D eigenvalue weighted by atomic mass is 19.4. The van der Waals surface area contributed by atoms with Gasteiger partial charge >= 0.3 is 6.18 Å². The fourth-order valence-corrected chi connectivity index (χ4v) is 2.18. The van der Waals surface area contributed by atoms with Gasteiger partial charge in [0.2, 0.25) is 5.88 Å². The van der Waals surface area contributed by atoms with E-state index >= 15 is 0 Å². The van der Waals surface area contributed by atoms with Crippen LogP contribution >= 0.6 is 0 Å². The van der Waals surface area contributed by atoms with Crippen molar-refractivity contribution in [1.29, 1.82) is 0 Å². The number of rotatable bonds is 7. The van der Waals surface area contributed by atoms with Gasteiger partial charge in [-0.05, 0) is 43.7 Å². The van der Waals surface area contributed by atoms with Gasteiger partial charge in [-0.15, -0.1) is 0 Å². The van der Waals surface area contributed by atoms with Crippen LogP contribution in [0.2, 0.25) is 0 Å². The molecule has 1 aliphatic carbocycles. The summed E-state index contributed by atoms with van der Waals surface area (Å²) in [6.45, 7) is 1.27. The van der Waals surface area contributed by atoms with E-state index in [1.165, 1.54) is 18.3 Å². The van der Waals surface area contributed by atoms with Gasteiger partial charge in [-0.3, -0.25) is 4.79 Å². The van der Waals surface area contributed by atoms with Crippen LogP contribution in [0.4, 0.5) is 13.2 Å². The van der Waals surface area contributed by atoms with Crippen LogP contribution < -0.4 is 10.1 Å². The first-order valence-corrected chi connectivity index (χ1v) is 7.35. The first-order chi connectivity index (χ1) is 10.8. The Balaban J connectivity index is 2.03. The summed E-state index contributed by atoms with van der Waals surface area (Å²) in [5.74, 6) is -0.881. The quantitative estimate of drug-likeness (QED) is 0.804. The minimum Gasteiger partial charge on any atom is -0.464 e. The van der Waals surface area contributed by atoms with E-state index in [4.69, 9.17) is 9.84 Å². The molecule has 1 saturated carbocycles. The maximum absolute atomic E-state index is 12.6. The van der Waals surface area contributed by atoms with Crippen LogP contribution in [0.3, 0.4) is 0 Å². The summed E-state index contributed by atoms with van der Waals surface area (Å²) in [7, 11) is 0. The molecule has 1 amide bonds. The molecule has 0 radical (unpaired) electrons. The van der Waals surface area contributed by atoms with E-state index in [0.717, 1.165) is 19.8 Å². The number of nitrogens with one attached hydrogen (secondary N) is 1. The second-order valence-electron chi connectivity index (χ2n) is 5.81. The Morgan fingerprint density at radius 1 is 1.52 bits per heavy atom. The zero-order valence-corrected chi connectivity index (χ0v) is 12.7. The van der Waals surface area contributed by atoms with E-state index in [2.05, 4.69) is 10.3 Å². The van der Waals surface area contributed by atoms with Gasteiger partial charge in [0, 0.05) is 19.3 Å². The average Bonchev–Trinajstić information content (AvgIpc) is 3.25. The van der Waals surface area contributed by atoms with E-state index in [1.54, 1.807) is 0 Å². The maximum Gasteiger partial charge on any atom is 0.425 e. The Kier molecular flexibility index (Phi) is 5.13. The molecule has 1 heterocycles. The molecule has 1 atom stereocenters. The number of hydrogen-bond acceptors (Lipinski definition) is 4. The van der Waals surface area contributed by atoms with Crippen molar-refractivity contribution >= 4 is 5.91 Å². The fraction of sp³-hybridized carbons (Fsp3) is 0.600. The zero-order chi connectivity index (χ0) is 17.1. The summed E-state index contributed by atoms with van der Waals surface area (Å²) in [6.07, 6.45) is -2.92. The molecule has 0 aliphatic heterocycles. The topological polar surface area (TPSA) is 71.5 Å². The number of aliphatic hydroxyl groups is 1. The summed E-state index contributed by atoms with van der Waals surface area (Å²) in [6, 6.07) is 2.83. The van der Waals surface area contributed by atoms with Gasteiger partial charge in [0.25, 0.3) is 5.91 Å². The summed E-state index contributed by atoms with van der Waals surface area (Å²) in [4.78, 5) is 15.9. The van der Waals surface area contributed by atoms with Gasteiger partial charge in [0.1, 0.15) is 5.56 Å². The third-order valence-corrected chi connectivity index (χ3v) is 3.99. The van der Waals surface area contributed by atoms with Crippen molar-refractivity contribution in [3.63, 3.8) is 0 Å². The minimum absolute atomic E-state index is 0.0385. The Bertz CT molecular complexity index is 559. The molecule has 0 bridgehead atoms. The first kappa shape index (κ1) is 17.5. The standard InChI is InChI=1S/C15H19F3N2O3/c1-10(15(16,17)18)23-13-11(3-2-7-19-13)12(22)20-9-14(4-5-14)6-8-21/h2-3,7,10,21H,4-6,8-9H2,1H3,(H,20,22)/t10-/m0/s1. The number of pyridine rings is 1. The third-order valence-electron chi connectivity index (χ3n) is 3.99. The Hall–Kier alpha value is -1.83. The highest BCUT2D eigenvalue weighted by Gasteiger charge is 2.42. The molecule has 1 aromatic rings. The second kappa shape index (κ2) is 6.74. The molecule has 1 aromatic heterocycles. The normalized spacial score (nSPS) is 17.4. The van der Waals surface area contributed by atoms with Crippen LogP contribution in [0.25, 0.3) is 0 Å². The SMILES string of the molecule is C[C@H](Oc1ncccc1C(=O)NCC1(CCO)CC1)C(F)(F)F. The van der Waals surface area contributed by atoms with Crippen molar-refractivity contribution in [3.8, 4) is 5.88 Å². The summed E-state index contributed by atoms with van der Waals surface area (Å²) in [5, 5.41) is 11.7. The first-order valence-electron chi connectivity index (χ1n) is 7.35. The summed E-state index contributed by atoms with van der Waals surface area (Å²) >= 11 is 0. The predicted molar refractivity (Wildman–Crippen MR) is 76.1 cm³/mol. The van der Waals surface area contributed by atoms with Crippen molar-refractivity contribution in [2.24, 2.45) is 5.41 Å². The molecule has 2 rings (SSSR count). The lowest BCUT2D eigenvalue weighted by Gasteiger charge is -2.19. The lowest BCUT2D eigenvalue weighted by atomic mass is 10.0. The van der Waals surface area contributed by atoms with Crippen molar-refractivity contribution in [1.82, 2.24) is 10.3 Å². The van der Waals surface area contributed by atoms with E-state index < -0.39 is 18.2 Å². The fourth-order valence-electron chi connectivity index (χ4n) is 2.18. The molecule has 0 spiro atoms. The molecule has 128 valence electrons. The molecular weight excluding hydrogens is 313 g/mol. The van der Waals surface area contributed by atoms with Gasteiger partial charge in [-0.2, -0.15) is 13.2 Å². The largest absolute Gasteiger partial charge is 0.464 e. The molecule has 1 aliphatic rings. The summed E-state index contributed by atoms with van der Waals surface area (Å²) < 4.78 is 42.6. The Labute approximate surface area is 131 Å². The number of carbonyl (C=O) groups is 1. The highest BCUT2D eigenvalue weighted by molar-refractivity contribution is 5.96. The van der Waals surface area contributed by atoms with Crippen LogP contribution in [-0.4, -0.2) is 41.4 Å². The Morgan fingerprint density at radius 3 is 2.78 bits per heavy atom. The molecule has 23 heavy (non-hydrogen) atoms. The second-order valence-corrected chi connectivity index (χ2v) is 5.81. The van der Waals surface area contributed by atoms with Crippen LogP contribution in [0.15, 0.2) is 18.3 Å². The number of aliphatic hydroxyl groups excluding tert-OH is 1. The number of aromatic nitrogens is 1. The third kappa shape index (κ3) is 4.57. The van der Waals surface area contributed by atoms with Gasteiger partial charge in [-0.1, -0.05) is 0 Å². The number of hydrogen-bond donors (Lipinski definition) is 2. The van der Waals surface area contributed by atoms with Gasteiger partial charge in [0.15, 0.2) is 6.10 Å². The lowest BCUT2D eigenvalue weighted by molar-refractivity contribution is -0.190. The number of nitrogens with zero attached hydrogens (tertiary/aromatic N) is 1. The highest BCUT2D eigenvalue weighted by Crippen LogP contribution is 2.47. The van der Waals surface area contributed by atoms with Crippen molar-refractivity contribution in [3.05, 3.63) is 23.9 Å². The van der Waals surface area contributed by atoms with Gasteiger partial charge in [0.05, 0.1) is 0 Å². The van der Waals surface area contributed by atoms with Crippen LogP contribution in [0.1, 0.15) is 36.5 Å². The molecule has 2 N–H and O–H groups in total. The van der Waals surface area contributed by atoms with Gasteiger partial charge < -0.3 is 15.2 Å². The number of carbonyl (C=O) groups excluding carboxylic acids is 1. The molecular formula is C15H19F3N2O3. The van der Waals surface area contributed by atoms with E-state index in [9.17, 15) is 18.0 Å². The Morgan fingerprint density at radius 2 is 2.22 bits per heavy atom. The lowest BCUT2D eigenvalue weighted by Crippen LogP contribution is -2.34. The number of ether oxygens (including phenoxy) is 1. The minimum atomic E-state index is -4.54. The number of halogens is 3. The van der Waals surface area contributed by atoms with Crippen molar-refractivity contribution in [2.45, 2.75) is 38.5 Å². The van der Waals surface area contributed by atoms with Crippen LogP contribution in [0, 0.1) is 5.41 Å². The molecule has 5 nitrogen and oxygen atoms in total. The average molecular weight is 332 g/mol. The van der Waals surface area contributed by atoms with E-state index in [-0.39, 0.29) is 23.5 Å². The van der Waals surface area contributed by atoms with Crippen molar-refractivity contribution in [2.75, 3.05) is 13.2 Å². The number of amides is 1. The monoisotopic (exact) mass is 332 g/mol.